The minimum absolute atomic E-state index is 0.0589. The van der Waals surface area contributed by atoms with E-state index in [0.29, 0.717) is 23.3 Å². The Labute approximate surface area is 124 Å². The van der Waals surface area contributed by atoms with Crippen LogP contribution in [0.2, 0.25) is 5.15 Å². The molecule has 2 rings (SSSR count). The molecular weight excluding hydrogens is 276 g/mol. The number of hydrogen-bond donors (Lipinski definition) is 2. The lowest BCUT2D eigenvalue weighted by atomic mass is 9.98. The number of likely N-dealkylation sites (N-methyl/N-ethyl adjacent to an activating group) is 1. The number of piperidine rings is 1. The molecule has 0 saturated carbocycles. The monoisotopic (exact) mass is 296 g/mol. The number of amides is 1. The van der Waals surface area contributed by atoms with E-state index in [1.54, 1.807) is 18.3 Å². The molecule has 20 heavy (non-hydrogen) atoms. The topological polar surface area (TPSA) is 57.3 Å². The summed E-state index contributed by atoms with van der Waals surface area (Å²) in [5.74, 6) is 0.618. The van der Waals surface area contributed by atoms with Crippen LogP contribution in [-0.2, 0) is 4.79 Å². The molecule has 0 unspecified atom stereocenters. The van der Waals surface area contributed by atoms with Crippen LogP contribution in [0, 0.1) is 5.92 Å². The second kappa shape index (κ2) is 7.57. The molecule has 0 spiro atoms. The average Bonchev–Trinajstić information content (AvgIpc) is 2.42. The fourth-order valence-electron chi connectivity index (χ4n) is 2.48. The summed E-state index contributed by atoms with van der Waals surface area (Å²) < 4.78 is 0. The van der Waals surface area contributed by atoms with Crippen molar-refractivity contribution in [3.05, 3.63) is 23.5 Å². The van der Waals surface area contributed by atoms with Gasteiger partial charge >= 0.3 is 0 Å². The number of anilines is 1. The van der Waals surface area contributed by atoms with Gasteiger partial charge < -0.3 is 10.6 Å². The van der Waals surface area contributed by atoms with Crippen LogP contribution in [0.1, 0.15) is 12.8 Å². The van der Waals surface area contributed by atoms with Crippen LogP contribution in [0.15, 0.2) is 18.3 Å². The molecule has 1 aliphatic heterocycles. The van der Waals surface area contributed by atoms with Crippen molar-refractivity contribution in [3.8, 4) is 0 Å². The van der Waals surface area contributed by atoms with Crippen LogP contribution in [-0.4, -0.2) is 49.0 Å². The highest BCUT2D eigenvalue weighted by Gasteiger charge is 2.16. The highest BCUT2D eigenvalue weighted by molar-refractivity contribution is 6.32. The van der Waals surface area contributed by atoms with Crippen LogP contribution in [0.5, 0.6) is 0 Å². The SMILES string of the molecule is CN(CC(=O)Nc1cccnc1Cl)CC1CCNCC1. The quantitative estimate of drug-likeness (QED) is 0.811. The van der Waals surface area contributed by atoms with Gasteiger partial charge in [-0.2, -0.15) is 0 Å². The van der Waals surface area contributed by atoms with Gasteiger partial charge in [0.05, 0.1) is 12.2 Å². The third kappa shape index (κ3) is 4.74. The Morgan fingerprint density at radius 1 is 1.55 bits per heavy atom. The molecule has 1 aliphatic rings. The molecule has 110 valence electrons. The predicted octanol–water partition coefficient (Wildman–Crippen LogP) is 1.60. The zero-order valence-corrected chi connectivity index (χ0v) is 12.5. The second-order valence-corrected chi connectivity index (χ2v) is 5.64. The van der Waals surface area contributed by atoms with E-state index >= 15 is 0 Å². The van der Waals surface area contributed by atoms with Crippen molar-refractivity contribution in [2.75, 3.05) is 38.5 Å². The highest BCUT2D eigenvalue weighted by Crippen LogP contribution is 2.17. The first kappa shape index (κ1) is 15.2. The van der Waals surface area contributed by atoms with Crippen molar-refractivity contribution in [2.45, 2.75) is 12.8 Å². The van der Waals surface area contributed by atoms with Crippen molar-refractivity contribution in [3.63, 3.8) is 0 Å². The van der Waals surface area contributed by atoms with Crippen molar-refractivity contribution < 1.29 is 4.79 Å². The molecule has 0 bridgehead atoms. The van der Waals surface area contributed by atoms with Crippen LogP contribution in [0.4, 0.5) is 5.69 Å². The van der Waals surface area contributed by atoms with Crippen LogP contribution in [0.25, 0.3) is 0 Å². The maximum absolute atomic E-state index is 12.0. The Morgan fingerprint density at radius 2 is 2.30 bits per heavy atom. The number of rotatable bonds is 5. The number of hydrogen-bond acceptors (Lipinski definition) is 4. The molecular formula is C14H21ClN4O. The summed E-state index contributed by atoms with van der Waals surface area (Å²) >= 11 is 5.91. The largest absolute Gasteiger partial charge is 0.322 e. The molecule has 1 aromatic heterocycles. The lowest BCUT2D eigenvalue weighted by Crippen LogP contribution is -2.37. The van der Waals surface area contributed by atoms with Gasteiger partial charge in [0.15, 0.2) is 5.15 Å². The van der Waals surface area contributed by atoms with Gasteiger partial charge in [0.1, 0.15) is 0 Å². The molecule has 5 nitrogen and oxygen atoms in total. The van der Waals surface area contributed by atoms with Crippen LogP contribution in [0.3, 0.4) is 0 Å². The van der Waals surface area contributed by atoms with E-state index in [-0.39, 0.29) is 5.91 Å². The number of nitrogens with one attached hydrogen (secondary N) is 2. The fourth-order valence-corrected chi connectivity index (χ4v) is 2.65. The molecule has 1 amide bonds. The third-order valence-corrected chi connectivity index (χ3v) is 3.78. The van der Waals surface area contributed by atoms with E-state index in [2.05, 4.69) is 20.5 Å². The van der Waals surface area contributed by atoms with Gasteiger partial charge in [-0.3, -0.25) is 9.69 Å². The van der Waals surface area contributed by atoms with Gasteiger partial charge in [0, 0.05) is 12.7 Å². The molecule has 0 aliphatic carbocycles. The summed E-state index contributed by atoms with van der Waals surface area (Å²) in [5, 5.41) is 6.46. The Kier molecular flexibility index (Phi) is 5.76. The molecule has 1 saturated heterocycles. The number of nitrogens with zero attached hydrogens (tertiary/aromatic N) is 2. The normalized spacial score (nSPS) is 16.4. The van der Waals surface area contributed by atoms with Gasteiger partial charge in [0.2, 0.25) is 5.91 Å². The zero-order valence-electron chi connectivity index (χ0n) is 11.7. The standard InChI is InChI=1S/C14H21ClN4O/c1-19(9-11-4-7-16-8-5-11)10-13(20)18-12-3-2-6-17-14(12)15/h2-3,6,11,16H,4-5,7-10H2,1H3,(H,18,20). The zero-order chi connectivity index (χ0) is 14.4. The summed E-state index contributed by atoms with van der Waals surface area (Å²) in [4.78, 5) is 18.0. The molecule has 0 atom stereocenters. The van der Waals surface area contributed by atoms with Gasteiger partial charge in [-0.15, -0.1) is 0 Å². The Morgan fingerprint density at radius 3 is 3.00 bits per heavy atom. The fraction of sp³-hybridized carbons (Fsp3) is 0.571. The van der Waals surface area contributed by atoms with Crippen LogP contribution >= 0.6 is 11.6 Å². The minimum Gasteiger partial charge on any atom is -0.322 e. The van der Waals surface area contributed by atoms with Crippen molar-refractivity contribution in [1.82, 2.24) is 15.2 Å². The molecule has 1 fully saturated rings. The number of carbonyl (C=O) groups is 1. The van der Waals surface area contributed by atoms with Gasteiger partial charge in [-0.1, -0.05) is 11.6 Å². The first-order chi connectivity index (χ1) is 9.65. The third-order valence-electron chi connectivity index (χ3n) is 3.48. The molecule has 2 heterocycles. The number of halogens is 1. The first-order valence-electron chi connectivity index (χ1n) is 6.95. The minimum atomic E-state index is -0.0589. The summed E-state index contributed by atoms with van der Waals surface area (Å²) in [7, 11) is 1.98. The maximum Gasteiger partial charge on any atom is 0.238 e. The van der Waals surface area contributed by atoms with Gasteiger partial charge in [-0.25, -0.2) is 4.98 Å². The average molecular weight is 297 g/mol. The molecule has 0 radical (unpaired) electrons. The van der Waals surface area contributed by atoms with E-state index in [4.69, 9.17) is 11.6 Å². The lowest BCUT2D eigenvalue weighted by Gasteiger charge is -2.27. The predicted molar refractivity (Wildman–Crippen MR) is 81.0 cm³/mol. The molecule has 1 aromatic rings. The molecule has 6 heteroatoms. The van der Waals surface area contributed by atoms with Crippen LogP contribution < -0.4 is 10.6 Å². The van der Waals surface area contributed by atoms with E-state index < -0.39 is 0 Å². The van der Waals surface area contributed by atoms with Crippen molar-refractivity contribution >= 4 is 23.2 Å². The van der Waals surface area contributed by atoms with Crippen molar-refractivity contribution in [1.29, 1.82) is 0 Å². The lowest BCUT2D eigenvalue weighted by molar-refractivity contribution is -0.117. The Hall–Kier alpha value is -1.17. The summed E-state index contributed by atoms with van der Waals surface area (Å²) in [6, 6.07) is 3.50. The maximum atomic E-state index is 12.0. The summed E-state index contributed by atoms with van der Waals surface area (Å²) in [5.41, 5.74) is 0.564. The van der Waals surface area contributed by atoms with E-state index in [1.807, 2.05) is 7.05 Å². The Bertz CT molecular complexity index is 449. The van der Waals surface area contributed by atoms with Gasteiger partial charge in [-0.05, 0) is 51.0 Å². The molecule has 2 N–H and O–H groups in total. The second-order valence-electron chi connectivity index (χ2n) is 5.28. The van der Waals surface area contributed by atoms with E-state index in [0.717, 1.165) is 19.6 Å². The number of carbonyl (C=O) groups excluding carboxylic acids is 1. The smallest absolute Gasteiger partial charge is 0.238 e. The first-order valence-corrected chi connectivity index (χ1v) is 7.32. The van der Waals surface area contributed by atoms with Crippen molar-refractivity contribution in [2.24, 2.45) is 5.92 Å². The Balaban J connectivity index is 1.77. The van der Waals surface area contributed by atoms with Gasteiger partial charge in [0.25, 0.3) is 0 Å². The summed E-state index contributed by atoms with van der Waals surface area (Å²) in [6.07, 6.45) is 3.96. The number of aromatic nitrogens is 1. The molecule has 0 aromatic carbocycles. The van der Waals surface area contributed by atoms with E-state index in [1.165, 1.54) is 12.8 Å². The summed E-state index contributed by atoms with van der Waals surface area (Å²) in [6.45, 7) is 3.48. The highest BCUT2D eigenvalue weighted by atomic mass is 35.5. The van der Waals surface area contributed by atoms with E-state index in [9.17, 15) is 4.79 Å². The number of pyridine rings is 1.